The molecule has 0 aliphatic rings. The van der Waals surface area contributed by atoms with Gasteiger partial charge in [0.1, 0.15) is 5.75 Å². The van der Waals surface area contributed by atoms with E-state index >= 15 is 0 Å². The van der Waals surface area contributed by atoms with Crippen molar-refractivity contribution >= 4 is 17.6 Å². The monoisotopic (exact) mass is 380 g/mol. The lowest BCUT2D eigenvalue weighted by Crippen LogP contribution is -2.31. The Bertz CT molecular complexity index is 900. The first-order chi connectivity index (χ1) is 13.3. The maximum absolute atomic E-state index is 12.2. The van der Waals surface area contributed by atoms with Gasteiger partial charge in [-0.1, -0.05) is 26.0 Å². The molecule has 0 radical (unpaired) electrons. The molecule has 1 amide bonds. The van der Waals surface area contributed by atoms with Crippen LogP contribution in [0.4, 0.5) is 5.69 Å². The molecule has 0 spiro atoms. The zero-order valence-corrected chi connectivity index (χ0v) is 16.5. The highest BCUT2D eigenvalue weighted by atomic mass is 16.6. The van der Waals surface area contributed by atoms with Crippen LogP contribution in [-0.2, 0) is 14.3 Å². The van der Waals surface area contributed by atoms with E-state index in [4.69, 9.17) is 14.7 Å². The lowest BCUT2D eigenvalue weighted by atomic mass is 9.98. The van der Waals surface area contributed by atoms with Crippen LogP contribution in [0.1, 0.15) is 43.4 Å². The number of nitrogens with zero attached hydrogens (tertiary/aromatic N) is 1. The maximum atomic E-state index is 12.2. The number of amides is 1. The number of hydrogen-bond donors (Lipinski definition) is 1. The van der Waals surface area contributed by atoms with E-state index in [0.717, 1.165) is 5.56 Å². The Morgan fingerprint density at radius 2 is 1.89 bits per heavy atom. The number of carbonyl (C=O) groups excluding carboxylic acids is 2. The molecule has 6 nitrogen and oxygen atoms in total. The molecular weight excluding hydrogens is 356 g/mol. The van der Waals surface area contributed by atoms with Gasteiger partial charge in [-0.05, 0) is 61.2 Å². The van der Waals surface area contributed by atoms with Gasteiger partial charge in [0.05, 0.1) is 11.6 Å². The Labute approximate surface area is 165 Å². The molecule has 2 aromatic rings. The van der Waals surface area contributed by atoms with Crippen molar-refractivity contribution in [3.63, 3.8) is 0 Å². The number of carbonyl (C=O) groups is 2. The summed E-state index contributed by atoms with van der Waals surface area (Å²) in [5.41, 5.74) is 3.20. The third-order valence-electron chi connectivity index (χ3n) is 4.16. The first kappa shape index (κ1) is 21.0. The third kappa shape index (κ3) is 5.85. The predicted octanol–water partition coefficient (Wildman–Crippen LogP) is 3.94. The Morgan fingerprint density at radius 3 is 2.54 bits per heavy atom. The van der Waals surface area contributed by atoms with Crippen LogP contribution in [0.25, 0.3) is 0 Å². The fourth-order valence-corrected chi connectivity index (χ4v) is 2.72. The van der Waals surface area contributed by atoms with Crippen molar-refractivity contribution in [2.45, 2.75) is 39.7 Å². The van der Waals surface area contributed by atoms with Gasteiger partial charge < -0.3 is 14.8 Å². The van der Waals surface area contributed by atoms with Crippen LogP contribution in [-0.4, -0.2) is 24.6 Å². The number of hydrogen-bond acceptors (Lipinski definition) is 5. The van der Waals surface area contributed by atoms with Gasteiger partial charge >= 0.3 is 5.97 Å². The van der Waals surface area contributed by atoms with Gasteiger partial charge in [0.15, 0.2) is 12.7 Å². The van der Waals surface area contributed by atoms with E-state index in [-0.39, 0.29) is 6.61 Å². The molecule has 0 aliphatic heterocycles. The summed E-state index contributed by atoms with van der Waals surface area (Å²) in [6.07, 6.45) is -0.994. The van der Waals surface area contributed by atoms with Gasteiger partial charge in [0.2, 0.25) is 0 Å². The summed E-state index contributed by atoms with van der Waals surface area (Å²) in [5, 5.41) is 11.5. The maximum Gasteiger partial charge on any atom is 0.344 e. The molecule has 0 saturated heterocycles. The molecule has 1 N–H and O–H groups in total. The fraction of sp³-hybridized carbons (Fsp3) is 0.318. The van der Waals surface area contributed by atoms with Crippen molar-refractivity contribution in [3.05, 3.63) is 59.2 Å². The van der Waals surface area contributed by atoms with E-state index in [1.165, 1.54) is 12.5 Å². The van der Waals surface area contributed by atoms with Crippen molar-refractivity contribution < 1.29 is 19.1 Å². The normalized spacial score (nSPS) is 11.4. The van der Waals surface area contributed by atoms with Crippen molar-refractivity contribution in [3.8, 4) is 11.8 Å². The van der Waals surface area contributed by atoms with Crippen molar-refractivity contribution in [2.24, 2.45) is 0 Å². The third-order valence-corrected chi connectivity index (χ3v) is 4.16. The molecule has 28 heavy (non-hydrogen) atoms. The number of ether oxygens (including phenoxy) is 2. The summed E-state index contributed by atoms with van der Waals surface area (Å²) in [5.74, 6) is -0.143. The Kier molecular flexibility index (Phi) is 7.16. The summed E-state index contributed by atoms with van der Waals surface area (Å²) in [4.78, 5) is 24.1. The molecule has 1 atom stereocenters. The van der Waals surface area contributed by atoms with Crippen LogP contribution >= 0.6 is 0 Å². The minimum Gasteiger partial charge on any atom is -0.482 e. The quantitative estimate of drug-likeness (QED) is 0.735. The zero-order chi connectivity index (χ0) is 20.7. The van der Waals surface area contributed by atoms with E-state index in [2.05, 4.69) is 19.2 Å². The van der Waals surface area contributed by atoms with Gasteiger partial charge in [0, 0.05) is 5.69 Å². The molecule has 0 aliphatic carbocycles. The van der Waals surface area contributed by atoms with Crippen LogP contribution in [0, 0.1) is 18.3 Å². The number of anilines is 1. The zero-order valence-electron chi connectivity index (χ0n) is 16.5. The largest absolute Gasteiger partial charge is 0.482 e. The number of benzene rings is 2. The van der Waals surface area contributed by atoms with Gasteiger partial charge in [-0.25, -0.2) is 4.79 Å². The molecule has 0 saturated carbocycles. The average molecular weight is 380 g/mol. The van der Waals surface area contributed by atoms with E-state index < -0.39 is 18.0 Å². The highest BCUT2D eigenvalue weighted by Crippen LogP contribution is 2.23. The first-order valence-electron chi connectivity index (χ1n) is 9.04. The number of esters is 1. The number of nitrogens with one attached hydrogen (secondary N) is 1. The van der Waals surface area contributed by atoms with E-state index in [0.29, 0.717) is 22.9 Å². The lowest BCUT2D eigenvalue weighted by molar-refractivity contribution is -0.155. The molecule has 0 unspecified atom stereocenters. The van der Waals surface area contributed by atoms with Crippen LogP contribution in [0.2, 0.25) is 0 Å². The summed E-state index contributed by atoms with van der Waals surface area (Å²) in [7, 11) is 0. The van der Waals surface area contributed by atoms with Crippen LogP contribution < -0.4 is 10.1 Å². The minimum absolute atomic E-state index is 0.290. The molecule has 146 valence electrons. The van der Waals surface area contributed by atoms with Crippen LogP contribution in [0.15, 0.2) is 42.5 Å². The predicted molar refractivity (Wildman–Crippen MR) is 106 cm³/mol. The standard InChI is InChI=1S/C22H24N2O4/c1-14(2)20-9-8-19(10-15(20)3)27-13-21(25)28-16(4)22(26)24-18-7-5-6-17(11-18)12-23/h5-11,14,16H,13H2,1-4H3,(H,24,26)/t16-/m0/s1. The Hall–Kier alpha value is -3.33. The van der Waals surface area contributed by atoms with Crippen LogP contribution in [0.3, 0.4) is 0 Å². The molecule has 0 aromatic heterocycles. The van der Waals surface area contributed by atoms with Crippen molar-refractivity contribution in [1.29, 1.82) is 5.26 Å². The van der Waals surface area contributed by atoms with E-state index in [9.17, 15) is 9.59 Å². The highest BCUT2D eigenvalue weighted by Gasteiger charge is 2.18. The van der Waals surface area contributed by atoms with Gasteiger partial charge in [0.25, 0.3) is 5.91 Å². The molecular formula is C22H24N2O4. The van der Waals surface area contributed by atoms with Gasteiger partial charge in [-0.2, -0.15) is 5.26 Å². The second-order valence-electron chi connectivity index (χ2n) is 6.78. The first-order valence-corrected chi connectivity index (χ1v) is 9.04. The summed E-state index contributed by atoms with van der Waals surface area (Å²) in [6, 6.07) is 14.1. The Morgan fingerprint density at radius 1 is 1.14 bits per heavy atom. The highest BCUT2D eigenvalue weighted by molar-refractivity contribution is 5.95. The van der Waals surface area contributed by atoms with Crippen molar-refractivity contribution in [1.82, 2.24) is 0 Å². The van der Waals surface area contributed by atoms with E-state index in [1.54, 1.807) is 24.3 Å². The second kappa shape index (κ2) is 9.56. The summed E-state index contributed by atoms with van der Waals surface area (Å²) in [6.45, 7) is 7.41. The number of nitriles is 1. The molecule has 2 aromatic carbocycles. The molecule has 2 rings (SSSR count). The van der Waals surface area contributed by atoms with Crippen LogP contribution in [0.5, 0.6) is 5.75 Å². The second-order valence-corrected chi connectivity index (χ2v) is 6.78. The van der Waals surface area contributed by atoms with E-state index in [1.807, 2.05) is 31.2 Å². The molecule has 0 heterocycles. The molecule has 0 bridgehead atoms. The number of rotatable bonds is 7. The minimum atomic E-state index is -0.994. The fourth-order valence-electron chi connectivity index (χ4n) is 2.72. The smallest absolute Gasteiger partial charge is 0.344 e. The Balaban J connectivity index is 1.85. The van der Waals surface area contributed by atoms with Gasteiger partial charge in [-0.3, -0.25) is 4.79 Å². The average Bonchev–Trinajstić information content (AvgIpc) is 2.66. The topological polar surface area (TPSA) is 88.4 Å². The molecule has 6 heteroatoms. The summed E-state index contributed by atoms with van der Waals surface area (Å²) < 4.78 is 10.6. The number of aryl methyl sites for hydroxylation is 1. The molecule has 0 fully saturated rings. The SMILES string of the molecule is Cc1cc(OCC(=O)O[C@@H](C)C(=O)Nc2cccc(C#N)c2)ccc1C(C)C. The van der Waals surface area contributed by atoms with Crippen molar-refractivity contribution in [2.75, 3.05) is 11.9 Å². The lowest BCUT2D eigenvalue weighted by Gasteiger charge is -2.15. The van der Waals surface area contributed by atoms with Gasteiger partial charge in [-0.15, -0.1) is 0 Å². The summed E-state index contributed by atoms with van der Waals surface area (Å²) >= 11 is 0.